The Morgan fingerprint density at radius 1 is 1.38 bits per heavy atom. The van der Waals surface area contributed by atoms with E-state index in [9.17, 15) is 4.79 Å². The summed E-state index contributed by atoms with van der Waals surface area (Å²) in [7, 11) is -1.98. The van der Waals surface area contributed by atoms with Crippen LogP contribution in [0.25, 0.3) is 0 Å². The van der Waals surface area contributed by atoms with Gasteiger partial charge in [-0.1, -0.05) is 39.3 Å². The molecule has 1 heterocycles. The fraction of sp³-hybridized carbons (Fsp3) is 0.600. The Labute approximate surface area is 163 Å². The zero-order valence-corrected chi connectivity index (χ0v) is 18.6. The molecule has 0 saturated carbocycles. The minimum atomic E-state index is -1.98. The van der Waals surface area contributed by atoms with E-state index in [0.717, 1.165) is 17.7 Å². The first-order valence-electron chi connectivity index (χ1n) is 9.13. The van der Waals surface area contributed by atoms with Crippen molar-refractivity contribution in [1.29, 1.82) is 5.26 Å². The topological polar surface area (TPSA) is 53.3 Å². The highest BCUT2D eigenvalue weighted by Gasteiger charge is 2.46. The predicted molar refractivity (Wildman–Crippen MR) is 109 cm³/mol. The van der Waals surface area contributed by atoms with Gasteiger partial charge < -0.3 is 9.33 Å². The van der Waals surface area contributed by atoms with Crippen molar-refractivity contribution in [3.63, 3.8) is 0 Å². The minimum absolute atomic E-state index is 0.0145. The number of carbonyl (C=O) groups is 1. The van der Waals surface area contributed by atoms with Gasteiger partial charge in [0.15, 0.2) is 8.32 Å². The van der Waals surface area contributed by atoms with Crippen molar-refractivity contribution >= 4 is 31.5 Å². The highest BCUT2D eigenvalue weighted by atomic mass is 35.5. The molecule has 1 saturated heterocycles. The van der Waals surface area contributed by atoms with Gasteiger partial charge in [0, 0.05) is 5.69 Å². The molecule has 0 spiro atoms. The van der Waals surface area contributed by atoms with E-state index in [0.29, 0.717) is 17.0 Å². The lowest BCUT2D eigenvalue weighted by atomic mass is 10.1. The summed E-state index contributed by atoms with van der Waals surface area (Å²) in [5.74, 6) is 0.0597. The number of halogens is 1. The van der Waals surface area contributed by atoms with Gasteiger partial charge in [-0.15, -0.1) is 0 Å². The van der Waals surface area contributed by atoms with Crippen LogP contribution in [0.2, 0.25) is 23.2 Å². The highest BCUT2D eigenvalue weighted by Crippen LogP contribution is 2.41. The van der Waals surface area contributed by atoms with E-state index in [1.54, 1.807) is 6.07 Å². The number of amides is 1. The summed E-state index contributed by atoms with van der Waals surface area (Å²) >= 11 is 6.33. The predicted octanol–water partition coefficient (Wildman–Crippen LogP) is 5.43. The first-order chi connectivity index (χ1) is 11.9. The number of hydrogen-bond acceptors (Lipinski definition) is 3. The summed E-state index contributed by atoms with van der Waals surface area (Å²) in [6.45, 7) is 15.0. The zero-order chi connectivity index (χ0) is 19.9. The van der Waals surface area contributed by atoms with E-state index < -0.39 is 8.32 Å². The molecule has 1 aliphatic rings. The molecule has 1 amide bonds. The van der Waals surface area contributed by atoms with Crippen LogP contribution in [-0.4, -0.2) is 26.4 Å². The molecular formula is C20H29ClN2O2Si. The van der Waals surface area contributed by atoms with Crippen molar-refractivity contribution in [1.82, 2.24) is 0 Å². The van der Waals surface area contributed by atoms with Gasteiger partial charge >= 0.3 is 0 Å². The number of anilines is 1. The number of benzene rings is 1. The van der Waals surface area contributed by atoms with Gasteiger partial charge in [-0.2, -0.15) is 5.26 Å². The fourth-order valence-corrected chi connectivity index (χ4v) is 4.77. The Morgan fingerprint density at radius 3 is 2.50 bits per heavy atom. The van der Waals surface area contributed by atoms with Crippen molar-refractivity contribution in [3.05, 3.63) is 28.3 Å². The summed E-state index contributed by atoms with van der Waals surface area (Å²) in [4.78, 5) is 14.7. The molecule has 1 aliphatic heterocycles. The Bertz CT molecular complexity index is 749. The van der Waals surface area contributed by atoms with Crippen molar-refractivity contribution in [2.24, 2.45) is 0 Å². The van der Waals surface area contributed by atoms with Gasteiger partial charge in [0.1, 0.15) is 6.07 Å². The normalized spacial score (nSPS) is 21.2. The molecule has 0 N–H and O–H groups in total. The van der Waals surface area contributed by atoms with Crippen LogP contribution >= 0.6 is 11.6 Å². The number of hydrogen-bond donors (Lipinski definition) is 0. The molecule has 0 radical (unpaired) electrons. The second-order valence-corrected chi connectivity index (χ2v) is 13.7. The maximum absolute atomic E-state index is 12.9. The highest BCUT2D eigenvalue weighted by molar-refractivity contribution is 6.74. The van der Waals surface area contributed by atoms with E-state index in [4.69, 9.17) is 21.3 Å². The monoisotopic (exact) mass is 392 g/mol. The third-order valence-corrected chi connectivity index (χ3v) is 10.8. The third-order valence-electron chi connectivity index (χ3n) is 5.81. The van der Waals surface area contributed by atoms with Crippen molar-refractivity contribution in [2.75, 3.05) is 4.90 Å². The summed E-state index contributed by atoms with van der Waals surface area (Å²) < 4.78 is 6.59. The first kappa shape index (κ1) is 21.0. The molecule has 4 nitrogen and oxygen atoms in total. The van der Waals surface area contributed by atoms with E-state index in [1.807, 2.05) is 17.9 Å². The largest absolute Gasteiger partial charge is 0.411 e. The molecule has 2 unspecified atom stereocenters. The van der Waals surface area contributed by atoms with Crippen LogP contribution in [0, 0.1) is 18.3 Å². The van der Waals surface area contributed by atoms with Crippen LogP contribution in [0.4, 0.5) is 5.69 Å². The van der Waals surface area contributed by atoms with Gasteiger partial charge in [0.2, 0.25) is 5.91 Å². The Kier molecular flexibility index (Phi) is 5.92. The molecule has 2 rings (SSSR count). The van der Waals surface area contributed by atoms with Gasteiger partial charge in [0.05, 0.1) is 29.2 Å². The van der Waals surface area contributed by atoms with Crippen LogP contribution in [0.1, 0.15) is 51.7 Å². The molecule has 26 heavy (non-hydrogen) atoms. The van der Waals surface area contributed by atoms with E-state index >= 15 is 0 Å². The lowest BCUT2D eigenvalue weighted by Gasteiger charge is -2.40. The number of carbonyl (C=O) groups excluding carboxylic acids is 1. The summed E-state index contributed by atoms with van der Waals surface area (Å²) in [6, 6.07) is 5.59. The van der Waals surface area contributed by atoms with Gasteiger partial charge in [-0.05, 0) is 49.2 Å². The quantitative estimate of drug-likeness (QED) is 0.642. The summed E-state index contributed by atoms with van der Waals surface area (Å²) in [5, 5.41) is 9.68. The van der Waals surface area contributed by atoms with Crippen LogP contribution in [0.3, 0.4) is 0 Å². The van der Waals surface area contributed by atoms with Crippen molar-refractivity contribution in [3.8, 4) is 6.07 Å². The minimum Gasteiger partial charge on any atom is -0.411 e. The standard InChI is InChI=1S/C20H29ClN2O2Si/c1-8-15-17(25-26(6,7)20(3,4)5)11-18(24)23(15)16-10-9-14(12-22)19(21)13(16)2/h9-10,15,17H,8,11H2,1-7H3. The van der Waals surface area contributed by atoms with E-state index in [2.05, 4.69) is 46.9 Å². The second-order valence-electron chi connectivity index (χ2n) is 8.54. The fourth-order valence-electron chi connectivity index (χ4n) is 3.21. The molecule has 0 aromatic heterocycles. The van der Waals surface area contributed by atoms with E-state index in [-0.39, 0.29) is 23.1 Å². The number of nitriles is 1. The van der Waals surface area contributed by atoms with E-state index in [1.165, 1.54) is 0 Å². The summed E-state index contributed by atoms with van der Waals surface area (Å²) in [6.07, 6.45) is 1.09. The molecule has 1 aromatic carbocycles. The maximum atomic E-state index is 12.9. The van der Waals surface area contributed by atoms with Crippen molar-refractivity contribution in [2.45, 2.75) is 77.7 Å². The Balaban J connectivity index is 2.39. The lowest BCUT2D eigenvalue weighted by molar-refractivity contribution is -0.117. The van der Waals surface area contributed by atoms with Crippen molar-refractivity contribution < 1.29 is 9.22 Å². The molecule has 142 valence electrons. The zero-order valence-electron chi connectivity index (χ0n) is 16.8. The molecule has 0 aliphatic carbocycles. The Hall–Kier alpha value is -1.35. The average Bonchev–Trinajstić information content (AvgIpc) is 2.83. The SMILES string of the molecule is CCC1C(O[Si](C)(C)C(C)(C)C)CC(=O)N1c1ccc(C#N)c(Cl)c1C. The van der Waals surface area contributed by atoms with Gasteiger partial charge in [0.25, 0.3) is 0 Å². The molecule has 6 heteroatoms. The Morgan fingerprint density at radius 2 is 2.00 bits per heavy atom. The van der Waals surface area contributed by atoms with Gasteiger partial charge in [-0.3, -0.25) is 4.79 Å². The van der Waals surface area contributed by atoms with Crippen LogP contribution < -0.4 is 4.90 Å². The summed E-state index contributed by atoms with van der Waals surface area (Å²) in [5.41, 5.74) is 1.99. The number of nitrogens with zero attached hydrogens (tertiary/aromatic N) is 2. The number of rotatable bonds is 4. The average molecular weight is 393 g/mol. The molecule has 1 fully saturated rings. The maximum Gasteiger partial charge on any atom is 0.229 e. The third kappa shape index (κ3) is 3.69. The smallest absolute Gasteiger partial charge is 0.229 e. The van der Waals surface area contributed by atoms with Crippen LogP contribution in [0.15, 0.2) is 12.1 Å². The molecular weight excluding hydrogens is 364 g/mol. The lowest BCUT2D eigenvalue weighted by Crippen LogP contribution is -2.47. The van der Waals surface area contributed by atoms with Crippen LogP contribution in [0.5, 0.6) is 0 Å². The van der Waals surface area contributed by atoms with Gasteiger partial charge in [-0.25, -0.2) is 0 Å². The first-order valence-corrected chi connectivity index (χ1v) is 12.4. The van der Waals surface area contributed by atoms with Crippen LogP contribution in [-0.2, 0) is 9.22 Å². The molecule has 0 bridgehead atoms. The second kappa shape index (κ2) is 7.34. The molecule has 2 atom stereocenters. The molecule has 1 aromatic rings.